The fourth-order valence-corrected chi connectivity index (χ4v) is 2.52. The van der Waals surface area contributed by atoms with Gasteiger partial charge in [0.2, 0.25) is 6.79 Å². The molecule has 0 unspecified atom stereocenters. The summed E-state index contributed by atoms with van der Waals surface area (Å²) in [6.45, 7) is 1.56. The van der Waals surface area contributed by atoms with E-state index in [9.17, 15) is 9.59 Å². The summed E-state index contributed by atoms with van der Waals surface area (Å²) in [6, 6.07) is 10.2. The molecule has 0 radical (unpaired) electrons. The zero-order chi connectivity index (χ0) is 19.1. The van der Waals surface area contributed by atoms with Gasteiger partial charge in [-0.2, -0.15) is 0 Å². The molecule has 2 heterocycles. The number of benzene rings is 1. The number of pyridine rings is 1. The summed E-state index contributed by atoms with van der Waals surface area (Å²) in [7, 11) is 1.61. The first-order valence-corrected chi connectivity index (χ1v) is 8.58. The molecule has 1 aliphatic rings. The molecule has 0 bridgehead atoms. The predicted molar refractivity (Wildman–Crippen MR) is 96.8 cm³/mol. The number of amides is 2. The summed E-state index contributed by atoms with van der Waals surface area (Å²) in [5.74, 6) is 0.668. The molecule has 142 valence electrons. The van der Waals surface area contributed by atoms with Gasteiger partial charge in [0.05, 0.1) is 0 Å². The zero-order valence-corrected chi connectivity index (χ0v) is 15.0. The fraction of sp³-hybridized carbons (Fsp3) is 0.316. The monoisotopic (exact) mass is 371 g/mol. The molecule has 2 aromatic rings. The summed E-state index contributed by atoms with van der Waals surface area (Å²) < 4.78 is 15.5. The highest BCUT2D eigenvalue weighted by Crippen LogP contribution is 2.32. The zero-order valence-electron chi connectivity index (χ0n) is 15.0. The highest BCUT2D eigenvalue weighted by molar-refractivity contribution is 5.96. The SMILES string of the molecule is COCCCNC(=O)c1cccc(C(=O)NCc2ccc3c(c2)OCO3)n1. The first kappa shape index (κ1) is 18.7. The van der Waals surface area contributed by atoms with Gasteiger partial charge in [0.15, 0.2) is 11.5 Å². The Morgan fingerprint density at radius 1 is 1.07 bits per heavy atom. The van der Waals surface area contributed by atoms with Gasteiger partial charge in [-0.05, 0) is 36.2 Å². The average molecular weight is 371 g/mol. The molecular formula is C19H21N3O5. The van der Waals surface area contributed by atoms with E-state index in [0.717, 1.165) is 5.56 Å². The molecule has 0 aliphatic carbocycles. The van der Waals surface area contributed by atoms with Crippen molar-refractivity contribution in [2.24, 2.45) is 0 Å². The van der Waals surface area contributed by atoms with E-state index < -0.39 is 0 Å². The lowest BCUT2D eigenvalue weighted by molar-refractivity contribution is 0.0940. The Balaban J connectivity index is 1.56. The van der Waals surface area contributed by atoms with Crippen molar-refractivity contribution in [2.45, 2.75) is 13.0 Å². The van der Waals surface area contributed by atoms with Crippen molar-refractivity contribution in [1.29, 1.82) is 0 Å². The quantitative estimate of drug-likeness (QED) is 0.683. The molecule has 27 heavy (non-hydrogen) atoms. The maximum Gasteiger partial charge on any atom is 0.270 e. The van der Waals surface area contributed by atoms with Gasteiger partial charge in [0.25, 0.3) is 11.8 Å². The Kier molecular flexibility index (Phi) is 6.22. The number of nitrogens with one attached hydrogen (secondary N) is 2. The number of rotatable bonds is 8. The van der Waals surface area contributed by atoms with Crippen LogP contribution in [0.25, 0.3) is 0 Å². The first-order chi connectivity index (χ1) is 13.2. The van der Waals surface area contributed by atoms with E-state index >= 15 is 0 Å². The van der Waals surface area contributed by atoms with Gasteiger partial charge >= 0.3 is 0 Å². The lowest BCUT2D eigenvalue weighted by Gasteiger charge is -2.08. The molecule has 0 saturated carbocycles. The maximum absolute atomic E-state index is 12.3. The Bertz CT molecular complexity index is 825. The van der Waals surface area contributed by atoms with Crippen LogP contribution >= 0.6 is 0 Å². The van der Waals surface area contributed by atoms with Gasteiger partial charge in [-0.15, -0.1) is 0 Å². The second kappa shape index (κ2) is 9.00. The Morgan fingerprint density at radius 2 is 1.81 bits per heavy atom. The van der Waals surface area contributed by atoms with Crippen LogP contribution in [0.4, 0.5) is 0 Å². The van der Waals surface area contributed by atoms with Gasteiger partial charge in [-0.25, -0.2) is 4.98 Å². The number of nitrogens with zero attached hydrogens (tertiary/aromatic N) is 1. The smallest absolute Gasteiger partial charge is 0.270 e. The lowest BCUT2D eigenvalue weighted by atomic mass is 10.2. The van der Waals surface area contributed by atoms with Crippen molar-refractivity contribution in [3.05, 3.63) is 53.3 Å². The standard InChI is InChI=1S/C19H21N3O5/c1-25-9-3-8-20-18(23)14-4-2-5-15(22-14)19(24)21-11-13-6-7-16-17(10-13)27-12-26-16/h2,4-7,10H,3,8-9,11-12H2,1H3,(H,20,23)(H,21,24). The van der Waals surface area contributed by atoms with E-state index in [4.69, 9.17) is 14.2 Å². The molecule has 0 spiro atoms. The van der Waals surface area contributed by atoms with E-state index in [0.29, 0.717) is 37.6 Å². The molecule has 1 aromatic heterocycles. The molecule has 0 saturated heterocycles. The van der Waals surface area contributed by atoms with E-state index in [-0.39, 0.29) is 30.0 Å². The molecule has 2 amide bonds. The molecule has 8 nitrogen and oxygen atoms in total. The minimum Gasteiger partial charge on any atom is -0.454 e. The third-order valence-electron chi connectivity index (χ3n) is 3.92. The lowest BCUT2D eigenvalue weighted by Crippen LogP contribution is -2.28. The van der Waals surface area contributed by atoms with Crippen molar-refractivity contribution in [3.8, 4) is 11.5 Å². The van der Waals surface area contributed by atoms with Gasteiger partial charge in [-0.1, -0.05) is 12.1 Å². The molecule has 2 N–H and O–H groups in total. The van der Waals surface area contributed by atoms with Crippen LogP contribution in [0, 0.1) is 0 Å². The number of carbonyl (C=O) groups is 2. The summed E-state index contributed by atoms with van der Waals surface area (Å²) in [6.07, 6.45) is 0.706. The molecule has 0 fully saturated rings. The number of fused-ring (bicyclic) bond motifs is 1. The minimum absolute atomic E-state index is 0.181. The van der Waals surface area contributed by atoms with Crippen molar-refractivity contribution in [3.63, 3.8) is 0 Å². The van der Waals surface area contributed by atoms with Gasteiger partial charge in [0, 0.05) is 26.8 Å². The normalized spacial score (nSPS) is 11.9. The molecule has 0 atom stereocenters. The third kappa shape index (κ3) is 4.95. The van der Waals surface area contributed by atoms with Crippen molar-refractivity contribution in [2.75, 3.05) is 27.1 Å². The van der Waals surface area contributed by atoms with E-state index in [1.165, 1.54) is 0 Å². The summed E-state index contributed by atoms with van der Waals surface area (Å²) in [4.78, 5) is 28.6. The fourth-order valence-electron chi connectivity index (χ4n) is 2.52. The second-order valence-electron chi connectivity index (χ2n) is 5.88. The van der Waals surface area contributed by atoms with Gasteiger partial charge in [0.1, 0.15) is 11.4 Å². The Morgan fingerprint density at radius 3 is 2.59 bits per heavy atom. The average Bonchev–Trinajstić information content (AvgIpc) is 3.17. The Labute approximate surface area is 156 Å². The van der Waals surface area contributed by atoms with Crippen molar-refractivity contribution < 1.29 is 23.8 Å². The molecular weight excluding hydrogens is 350 g/mol. The number of methoxy groups -OCH3 is 1. The van der Waals surface area contributed by atoms with Gasteiger partial charge in [-0.3, -0.25) is 9.59 Å². The Hall–Kier alpha value is -3.13. The molecule has 3 rings (SSSR count). The van der Waals surface area contributed by atoms with Crippen LogP contribution in [0.2, 0.25) is 0 Å². The summed E-state index contributed by atoms with van der Waals surface area (Å²) >= 11 is 0. The number of carbonyl (C=O) groups excluding carboxylic acids is 2. The van der Waals surface area contributed by atoms with E-state index in [2.05, 4.69) is 15.6 Å². The van der Waals surface area contributed by atoms with Crippen LogP contribution in [-0.2, 0) is 11.3 Å². The first-order valence-electron chi connectivity index (χ1n) is 8.58. The summed E-state index contributed by atoms with van der Waals surface area (Å²) in [5, 5.41) is 5.53. The van der Waals surface area contributed by atoms with E-state index in [1.807, 2.05) is 12.1 Å². The minimum atomic E-state index is -0.360. The summed E-state index contributed by atoms with van der Waals surface area (Å²) in [5.41, 5.74) is 1.25. The van der Waals surface area contributed by atoms with Gasteiger partial charge < -0.3 is 24.8 Å². The predicted octanol–water partition coefficient (Wildman–Crippen LogP) is 1.51. The van der Waals surface area contributed by atoms with Crippen LogP contribution in [0.15, 0.2) is 36.4 Å². The maximum atomic E-state index is 12.3. The van der Waals surface area contributed by atoms with Crippen LogP contribution in [0.3, 0.4) is 0 Å². The van der Waals surface area contributed by atoms with E-state index in [1.54, 1.807) is 31.4 Å². The number of aromatic nitrogens is 1. The van der Waals surface area contributed by atoms with Crippen LogP contribution in [0.1, 0.15) is 33.0 Å². The third-order valence-corrected chi connectivity index (χ3v) is 3.92. The topological polar surface area (TPSA) is 98.8 Å². The highest BCUT2D eigenvalue weighted by atomic mass is 16.7. The van der Waals surface area contributed by atoms with Crippen LogP contribution < -0.4 is 20.1 Å². The molecule has 1 aliphatic heterocycles. The van der Waals surface area contributed by atoms with Crippen molar-refractivity contribution in [1.82, 2.24) is 15.6 Å². The van der Waals surface area contributed by atoms with Crippen LogP contribution in [0.5, 0.6) is 11.5 Å². The number of hydrogen-bond acceptors (Lipinski definition) is 6. The number of ether oxygens (including phenoxy) is 3. The van der Waals surface area contributed by atoms with Crippen LogP contribution in [-0.4, -0.2) is 43.9 Å². The largest absolute Gasteiger partial charge is 0.454 e. The highest BCUT2D eigenvalue weighted by Gasteiger charge is 2.15. The molecule has 8 heteroatoms. The molecule has 1 aromatic carbocycles. The van der Waals surface area contributed by atoms with Crippen molar-refractivity contribution >= 4 is 11.8 Å². The number of hydrogen-bond donors (Lipinski definition) is 2. The second-order valence-corrected chi connectivity index (χ2v) is 5.88.